The lowest BCUT2D eigenvalue weighted by Gasteiger charge is -2.36. The summed E-state index contributed by atoms with van der Waals surface area (Å²) >= 11 is 0. The third-order valence-electron chi connectivity index (χ3n) is 4.73. The molecule has 3 atom stereocenters. The van der Waals surface area contributed by atoms with E-state index in [4.69, 9.17) is 9.47 Å². The van der Waals surface area contributed by atoms with Crippen molar-refractivity contribution in [1.29, 1.82) is 0 Å². The summed E-state index contributed by atoms with van der Waals surface area (Å²) in [5, 5.41) is 0. The van der Waals surface area contributed by atoms with Crippen molar-refractivity contribution in [3.63, 3.8) is 0 Å². The van der Waals surface area contributed by atoms with Crippen molar-refractivity contribution in [3.05, 3.63) is 24.5 Å². The van der Waals surface area contributed by atoms with Crippen LogP contribution in [-0.4, -0.2) is 47.3 Å². The van der Waals surface area contributed by atoms with Gasteiger partial charge in [0.2, 0.25) is 0 Å². The Morgan fingerprint density at radius 1 is 1.52 bits per heavy atom. The first kappa shape index (κ1) is 14.8. The van der Waals surface area contributed by atoms with Crippen LogP contribution < -0.4 is 4.74 Å². The number of hydrogen-bond acceptors (Lipinski definition) is 4. The molecule has 3 rings (SSSR count). The van der Waals surface area contributed by atoms with Gasteiger partial charge in [-0.05, 0) is 45.7 Å². The zero-order valence-corrected chi connectivity index (χ0v) is 13.3. The molecule has 2 aliphatic rings. The van der Waals surface area contributed by atoms with Crippen molar-refractivity contribution in [2.75, 3.05) is 19.7 Å². The standard InChI is InChI=1S/C17H26N2O2/c1-13(2)19-8-6-16-14(11-19)9-17(3,21-16)12-20-15-5-4-7-18-10-15/h4-5,7,10,13-14,16H,6,8-9,11-12H2,1-3H3/t14-,16+,17-/m1/s1. The summed E-state index contributed by atoms with van der Waals surface area (Å²) < 4.78 is 12.2. The van der Waals surface area contributed by atoms with Gasteiger partial charge in [-0.25, -0.2) is 0 Å². The first-order valence-corrected chi connectivity index (χ1v) is 8.00. The Morgan fingerprint density at radius 3 is 3.10 bits per heavy atom. The zero-order chi connectivity index (χ0) is 14.9. The Balaban J connectivity index is 1.58. The van der Waals surface area contributed by atoms with E-state index in [1.165, 1.54) is 0 Å². The van der Waals surface area contributed by atoms with E-state index in [0.717, 1.165) is 31.7 Å². The summed E-state index contributed by atoms with van der Waals surface area (Å²) in [4.78, 5) is 6.65. The number of hydrogen-bond donors (Lipinski definition) is 0. The van der Waals surface area contributed by atoms with Gasteiger partial charge < -0.3 is 14.4 Å². The number of piperidine rings is 1. The van der Waals surface area contributed by atoms with Crippen LogP contribution in [0, 0.1) is 5.92 Å². The number of ether oxygens (including phenoxy) is 2. The van der Waals surface area contributed by atoms with Crippen molar-refractivity contribution in [2.24, 2.45) is 5.92 Å². The molecule has 0 unspecified atom stereocenters. The van der Waals surface area contributed by atoms with Crippen LogP contribution in [0.4, 0.5) is 0 Å². The maximum Gasteiger partial charge on any atom is 0.137 e. The highest BCUT2D eigenvalue weighted by molar-refractivity contribution is 5.15. The van der Waals surface area contributed by atoms with Gasteiger partial charge in [-0.3, -0.25) is 4.98 Å². The highest BCUT2D eigenvalue weighted by Gasteiger charge is 2.46. The Bertz CT molecular complexity index is 465. The minimum Gasteiger partial charge on any atom is -0.489 e. The third kappa shape index (κ3) is 3.38. The molecule has 0 radical (unpaired) electrons. The molecule has 2 saturated heterocycles. The first-order chi connectivity index (χ1) is 10.1. The predicted molar refractivity (Wildman–Crippen MR) is 82.4 cm³/mol. The van der Waals surface area contributed by atoms with E-state index in [2.05, 4.69) is 30.7 Å². The molecule has 3 heterocycles. The lowest BCUT2D eigenvalue weighted by molar-refractivity contribution is -0.0709. The SMILES string of the molecule is CC(C)N1CC[C@@H]2O[C@@](C)(COc3cccnc3)C[C@@H]2C1. The van der Waals surface area contributed by atoms with Crippen LogP contribution in [0.25, 0.3) is 0 Å². The molecule has 4 nitrogen and oxygen atoms in total. The molecule has 0 amide bonds. The van der Waals surface area contributed by atoms with Gasteiger partial charge in [0.1, 0.15) is 18.0 Å². The Hall–Kier alpha value is -1.13. The molecule has 2 aliphatic heterocycles. The first-order valence-electron chi connectivity index (χ1n) is 8.00. The highest BCUT2D eigenvalue weighted by atomic mass is 16.6. The molecule has 2 fully saturated rings. The van der Waals surface area contributed by atoms with Gasteiger partial charge in [-0.2, -0.15) is 0 Å². The lowest BCUT2D eigenvalue weighted by atomic mass is 9.89. The van der Waals surface area contributed by atoms with Crippen LogP contribution >= 0.6 is 0 Å². The summed E-state index contributed by atoms with van der Waals surface area (Å²) in [6.45, 7) is 9.65. The summed E-state index contributed by atoms with van der Waals surface area (Å²) in [7, 11) is 0. The van der Waals surface area contributed by atoms with Crippen molar-refractivity contribution in [2.45, 2.75) is 51.4 Å². The van der Waals surface area contributed by atoms with Gasteiger partial charge in [0.05, 0.1) is 12.3 Å². The predicted octanol–water partition coefficient (Wildman–Crippen LogP) is 2.74. The summed E-state index contributed by atoms with van der Waals surface area (Å²) in [5.41, 5.74) is -0.168. The summed E-state index contributed by atoms with van der Waals surface area (Å²) in [6.07, 6.45) is 6.15. The molecule has 116 valence electrons. The minimum atomic E-state index is -0.168. The molecule has 0 N–H and O–H groups in total. The lowest BCUT2D eigenvalue weighted by Crippen LogP contribution is -2.44. The summed E-state index contributed by atoms with van der Waals surface area (Å²) in [5.74, 6) is 1.46. The van der Waals surface area contributed by atoms with Gasteiger partial charge in [-0.1, -0.05) is 0 Å². The minimum absolute atomic E-state index is 0.168. The number of fused-ring (bicyclic) bond motifs is 1. The van der Waals surface area contributed by atoms with Crippen LogP contribution in [0.1, 0.15) is 33.6 Å². The van der Waals surface area contributed by atoms with Gasteiger partial charge in [0, 0.05) is 31.2 Å². The molecular formula is C17H26N2O2. The molecule has 0 spiro atoms. The molecular weight excluding hydrogens is 264 g/mol. The van der Waals surface area contributed by atoms with Crippen LogP contribution in [0.3, 0.4) is 0 Å². The Kier molecular flexibility index (Phi) is 4.18. The monoisotopic (exact) mass is 290 g/mol. The van der Waals surface area contributed by atoms with E-state index in [1.54, 1.807) is 12.4 Å². The normalized spacial score (nSPS) is 33.1. The van der Waals surface area contributed by atoms with Crippen LogP contribution in [0.15, 0.2) is 24.5 Å². The van der Waals surface area contributed by atoms with Crippen LogP contribution in [0.5, 0.6) is 5.75 Å². The van der Waals surface area contributed by atoms with E-state index in [9.17, 15) is 0 Å². The van der Waals surface area contributed by atoms with E-state index >= 15 is 0 Å². The van der Waals surface area contributed by atoms with Gasteiger partial charge >= 0.3 is 0 Å². The second-order valence-corrected chi connectivity index (χ2v) is 6.93. The fraction of sp³-hybridized carbons (Fsp3) is 0.706. The van der Waals surface area contributed by atoms with Crippen molar-refractivity contribution in [3.8, 4) is 5.75 Å². The third-order valence-corrected chi connectivity index (χ3v) is 4.73. The number of rotatable bonds is 4. The number of aromatic nitrogens is 1. The van der Waals surface area contributed by atoms with Crippen molar-refractivity contribution < 1.29 is 9.47 Å². The molecule has 0 aliphatic carbocycles. The van der Waals surface area contributed by atoms with E-state index < -0.39 is 0 Å². The Morgan fingerprint density at radius 2 is 2.38 bits per heavy atom. The Labute approximate surface area is 127 Å². The molecule has 1 aromatic heterocycles. The maximum atomic E-state index is 6.33. The molecule has 0 saturated carbocycles. The zero-order valence-electron chi connectivity index (χ0n) is 13.3. The van der Waals surface area contributed by atoms with E-state index in [-0.39, 0.29) is 5.60 Å². The number of pyridine rings is 1. The fourth-order valence-corrected chi connectivity index (χ4v) is 3.59. The van der Waals surface area contributed by atoms with Crippen LogP contribution in [0.2, 0.25) is 0 Å². The molecule has 4 heteroatoms. The topological polar surface area (TPSA) is 34.6 Å². The average Bonchev–Trinajstić information content (AvgIpc) is 2.82. The van der Waals surface area contributed by atoms with Gasteiger partial charge in [-0.15, -0.1) is 0 Å². The van der Waals surface area contributed by atoms with Gasteiger partial charge in [0.15, 0.2) is 0 Å². The van der Waals surface area contributed by atoms with Crippen molar-refractivity contribution in [1.82, 2.24) is 9.88 Å². The van der Waals surface area contributed by atoms with Gasteiger partial charge in [0.25, 0.3) is 0 Å². The highest BCUT2D eigenvalue weighted by Crippen LogP contribution is 2.39. The molecule has 1 aromatic rings. The van der Waals surface area contributed by atoms with Crippen LogP contribution in [-0.2, 0) is 4.74 Å². The summed E-state index contributed by atoms with van der Waals surface area (Å²) in [6, 6.07) is 4.47. The molecule has 0 bridgehead atoms. The maximum absolute atomic E-state index is 6.33. The molecule has 21 heavy (non-hydrogen) atoms. The van der Waals surface area contributed by atoms with E-state index in [0.29, 0.717) is 24.7 Å². The second-order valence-electron chi connectivity index (χ2n) is 6.93. The number of nitrogens with zero attached hydrogens (tertiary/aromatic N) is 2. The molecule has 0 aromatic carbocycles. The smallest absolute Gasteiger partial charge is 0.137 e. The second kappa shape index (κ2) is 5.93. The number of likely N-dealkylation sites (tertiary alicyclic amines) is 1. The van der Waals surface area contributed by atoms with E-state index in [1.807, 2.05) is 12.1 Å². The largest absolute Gasteiger partial charge is 0.489 e. The fourth-order valence-electron chi connectivity index (χ4n) is 3.59. The quantitative estimate of drug-likeness (QED) is 0.854. The average molecular weight is 290 g/mol. The van der Waals surface area contributed by atoms with Crippen molar-refractivity contribution >= 4 is 0 Å².